The molecule has 3 aliphatic rings. The summed E-state index contributed by atoms with van der Waals surface area (Å²) in [6.45, 7) is 0. The average molecular weight is 423 g/mol. The summed E-state index contributed by atoms with van der Waals surface area (Å²) in [4.78, 5) is 37.9. The van der Waals surface area contributed by atoms with Crippen LogP contribution in [0.15, 0.2) is 47.9 Å². The second-order valence-corrected chi connectivity index (χ2v) is 9.17. The highest BCUT2D eigenvalue weighted by Crippen LogP contribution is 2.49. The standard InChI is InChI=1S/C23H22N2O4S/c26-20(17-13-6-7-14(10-13)18(17)23(28)29)25-22-19(21(27)24-15-8-9-15)16(11-30-22)12-4-2-1-3-5-12/h1-7,11,13-15,17-18H,8-10H2,(H,24,27)(H,25,26)(H,28,29)/t13-,14-,17-,18+/m0/s1. The molecule has 0 saturated heterocycles. The first kappa shape index (κ1) is 19.1. The van der Waals surface area contributed by atoms with Gasteiger partial charge in [0.05, 0.1) is 17.4 Å². The van der Waals surface area contributed by atoms with E-state index in [-0.39, 0.29) is 29.7 Å². The molecular weight excluding hydrogens is 400 g/mol. The number of carboxylic acids is 1. The Kier molecular flexibility index (Phi) is 4.70. The number of fused-ring (bicyclic) bond motifs is 2. The van der Waals surface area contributed by atoms with Crippen molar-refractivity contribution in [2.45, 2.75) is 25.3 Å². The summed E-state index contributed by atoms with van der Waals surface area (Å²) < 4.78 is 0. The predicted octanol–water partition coefficient (Wildman–Crippen LogP) is 3.77. The Labute approximate surface area is 178 Å². The van der Waals surface area contributed by atoms with Crippen LogP contribution in [-0.4, -0.2) is 28.9 Å². The van der Waals surface area contributed by atoms with Crippen molar-refractivity contribution in [3.8, 4) is 11.1 Å². The number of thiophene rings is 1. The fourth-order valence-corrected chi connectivity index (χ4v) is 5.67. The SMILES string of the molecule is O=C(NC1CC1)c1c(-c2ccccc2)csc1NC(=O)[C@@H]1[C@H](C(=O)O)[C@H]2C=C[C@H]1C2. The van der Waals surface area contributed by atoms with Gasteiger partial charge in [-0.1, -0.05) is 42.5 Å². The molecular formula is C23H22N2O4S. The van der Waals surface area contributed by atoms with Crippen LogP contribution in [0.25, 0.3) is 11.1 Å². The van der Waals surface area contributed by atoms with Crippen molar-refractivity contribution in [3.05, 3.63) is 53.4 Å². The molecule has 5 rings (SSSR count). The highest BCUT2D eigenvalue weighted by atomic mass is 32.1. The molecule has 2 aromatic rings. The largest absolute Gasteiger partial charge is 0.481 e. The first-order valence-electron chi connectivity index (χ1n) is 10.2. The van der Waals surface area contributed by atoms with Gasteiger partial charge in [-0.15, -0.1) is 11.3 Å². The summed E-state index contributed by atoms with van der Waals surface area (Å²) in [5, 5.41) is 17.9. The van der Waals surface area contributed by atoms with Gasteiger partial charge in [-0.25, -0.2) is 0 Å². The third kappa shape index (κ3) is 3.33. The molecule has 3 N–H and O–H groups in total. The number of hydrogen-bond donors (Lipinski definition) is 3. The zero-order valence-corrected chi connectivity index (χ0v) is 17.0. The highest BCUT2D eigenvalue weighted by Gasteiger charge is 2.51. The van der Waals surface area contributed by atoms with Crippen molar-refractivity contribution in [2.24, 2.45) is 23.7 Å². The Morgan fingerprint density at radius 2 is 1.70 bits per heavy atom. The monoisotopic (exact) mass is 422 g/mol. The summed E-state index contributed by atoms with van der Waals surface area (Å²) in [7, 11) is 0. The Balaban J connectivity index is 1.46. The first-order chi connectivity index (χ1) is 14.5. The highest BCUT2D eigenvalue weighted by molar-refractivity contribution is 7.15. The van der Waals surface area contributed by atoms with E-state index in [1.54, 1.807) is 0 Å². The number of benzene rings is 1. The van der Waals surface area contributed by atoms with Gasteiger partial charge < -0.3 is 15.7 Å². The number of carbonyl (C=O) groups excluding carboxylic acids is 2. The fourth-order valence-electron chi connectivity index (χ4n) is 4.70. The Hall–Kier alpha value is -2.93. The van der Waals surface area contributed by atoms with Crippen LogP contribution in [0.2, 0.25) is 0 Å². The minimum absolute atomic E-state index is 0.0617. The van der Waals surface area contributed by atoms with Gasteiger partial charge >= 0.3 is 5.97 Å². The van der Waals surface area contributed by atoms with Gasteiger partial charge in [0.25, 0.3) is 5.91 Å². The number of rotatable bonds is 6. The number of anilines is 1. The fraction of sp³-hybridized carbons (Fsp3) is 0.348. The lowest BCUT2D eigenvalue weighted by atomic mass is 9.82. The van der Waals surface area contributed by atoms with Crippen molar-refractivity contribution in [1.29, 1.82) is 0 Å². The van der Waals surface area contributed by atoms with Crippen LogP contribution in [0.5, 0.6) is 0 Å². The van der Waals surface area contributed by atoms with Gasteiger partial charge in [0, 0.05) is 17.0 Å². The number of carboxylic acid groups (broad SMARTS) is 1. The van der Waals surface area contributed by atoms with Crippen molar-refractivity contribution in [3.63, 3.8) is 0 Å². The molecule has 7 heteroatoms. The number of nitrogens with one attached hydrogen (secondary N) is 2. The van der Waals surface area contributed by atoms with Gasteiger partial charge in [0.1, 0.15) is 5.00 Å². The van der Waals surface area contributed by atoms with E-state index in [1.807, 2.05) is 47.9 Å². The lowest BCUT2D eigenvalue weighted by Gasteiger charge is -2.23. The zero-order chi connectivity index (χ0) is 20.8. The lowest BCUT2D eigenvalue weighted by Crippen LogP contribution is -2.36. The molecule has 0 spiro atoms. The number of amides is 2. The molecule has 1 aromatic heterocycles. The lowest BCUT2D eigenvalue weighted by molar-refractivity contribution is -0.146. The van der Waals surface area contributed by atoms with E-state index >= 15 is 0 Å². The van der Waals surface area contributed by atoms with Gasteiger partial charge in [-0.3, -0.25) is 14.4 Å². The van der Waals surface area contributed by atoms with E-state index < -0.39 is 17.8 Å². The summed E-state index contributed by atoms with van der Waals surface area (Å²) in [5.41, 5.74) is 2.13. The van der Waals surface area contributed by atoms with E-state index in [9.17, 15) is 19.5 Å². The van der Waals surface area contributed by atoms with Gasteiger partial charge in [0.15, 0.2) is 0 Å². The van der Waals surface area contributed by atoms with Crippen LogP contribution in [0.4, 0.5) is 5.00 Å². The van der Waals surface area contributed by atoms with Gasteiger partial charge in [-0.05, 0) is 36.7 Å². The molecule has 1 aromatic carbocycles. The molecule has 2 fully saturated rings. The van der Waals surface area contributed by atoms with Crippen LogP contribution in [-0.2, 0) is 9.59 Å². The molecule has 0 radical (unpaired) electrons. The summed E-state index contributed by atoms with van der Waals surface area (Å²) in [6.07, 6.45) is 6.51. The van der Waals surface area contributed by atoms with E-state index in [4.69, 9.17) is 0 Å². The molecule has 2 amide bonds. The third-order valence-electron chi connectivity index (χ3n) is 6.30. The smallest absolute Gasteiger partial charge is 0.307 e. The van der Waals surface area contributed by atoms with Crippen molar-refractivity contribution in [2.75, 3.05) is 5.32 Å². The molecule has 0 aliphatic heterocycles. The second kappa shape index (κ2) is 7.40. The van der Waals surface area contributed by atoms with Gasteiger partial charge in [0.2, 0.25) is 5.91 Å². The molecule has 6 nitrogen and oxygen atoms in total. The maximum Gasteiger partial charge on any atom is 0.307 e. The van der Waals surface area contributed by atoms with E-state index in [0.29, 0.717) is 17.0 Å². The summed E-state index contributed by atoms with van der Waals surface area (Å²) >= 11 is 1.31. The number of allylic oxidation sites excluding steroid dienone is 2. The minimum atomic E-state index is -0.935. The van der Waals surface area contributed by atoms with Crippen LogP contribution in [0.3, 0.4) is 0 Å². The van der Waals surface area contributed by atoms with E-state index in [1.165, 1.54) is 11.3 Å². The Morgan fingerprint density at radius 1 is 1.00 bits per heavy atom. The number of aliphatic carboxylic acids is 1. The number of carbonyl (C=O) groups is 3. The van der Waals surface area contributed by atoms with Crippen LogP contribution in [0, 0.1) is 23.7 Å². The molecule has 0 unspecified atom stereocenters. The van der Waals surface area contributed by atoms with E-state index in [0.717, 1.165) is 24.0 Å². The normalized spacial score (nSPS) is 26.5. The third-order valence-corrected chi connectivity index (χ3v) is 7.19. The van der Waals surface area contributed by atoms with Crippen molar-refractivity contribution >= 4 is 34.1 Å². The maximum absolute atomic E-state index is 13.1. The molecule has 3 aliphatic carbocycles. The second-order valence-electron chi connectivity index (χ2n) is 8.29. The molecule has 1 heterocycles. The number of hydrogen-bond acceptors (Lipinski definition) is 4. The quantitative estimate of drug-likeness (QED) is 0.618. The van der Waals surface area contributed by atoms with Crippen LogP contribution >= 0.6 is 11.3 Å². The Morgan fingerprint density at radius 3 is 2.37 bits per heavy atom. The van der Waals surface area contributed by atoms with Crippen LogP contribution in [0.1, 0.15) is 29.6 Å². The van der Waals surface area contributed by atoms with Crippen LogP contribution < -0.4 is 10.6 Å². The molecule has 4 atom stereocenters. The molecule has 2 bridgehead atoms. The average Bonchev–Trinajstić information content (AvgIpc) is 3.15. The molecule has 30 heavy (non-hydrogen) atoms. The topological polar surface area (TPSA) is 95.5 Å². The van der Waals surface area contributed by atoms with Gasteiger partial charge in [-0.2, -0.15) is 0 Å². The zero-order valence-electron chi connectivity index (χ0n) is 16.2. The minimum Gasteiger partial charge on any atom is -0.481 e. The predicted molar refractivity (Wildman–Crippen MR) is 114 cm³/mol. The maximum atomic E-state index is 13.1. The molecule has 154 valence electrons. The summed E-state index contributed by atoms with van der Waals surface area (Å²) in [6, 6.07) is 9.79. The van der Waals surface area contributed by atoms with Crippen molar-refractivity contribution in [1.82, 2.24) is 5.32 Å². The summed E-state index contributed by atoms with van der Waals surface area (Å²) in [5.74, 6) is -2.93. The Bertz CT molecular complexity index is 1040. The van der Waals surface area contributed by atoms with Crippen molar-refractivity contribution < 1.29 is 19.5 Å². The van der Waals surface area contributed by atoms with E-state index in [2.05, 4.69) is 10.6 Å². The first-order valence-corrected chi connectivity index (χ1v) is 11.1. The molecule has 2 saturated carbocycles.